The Balaban J connectivity index is 2.13. The second-order valence-corrected chi connectivity index (χ2v) is 5.66. The highest BCUT2D eigenvalue weighted by molar-refractivity contribution is 5.19. The molecule has 1 aromatic carbocycles. The van der Waals surface area contributed by atoms with Gasteiger partial charge in [0.05, 0.1) is 12.6 Å². The van der Waals surface area contributed by atoms with Crippen molar-refractivity contribution >= 4 is 0 Å². The van der Waals surface area contributed by atoms with E-state index in [1.807, 2.05) is 14.2 Å². The van der Waals surface area contributed by atoms with E-state index in [2.05, 4.69) is 40.5 Å². The van der Waals surface area contributed by atoms with E-state index in [9.17, 15) is 0 Å². The minimum Gasteiger partial charge on any atom is -0.383 e. The highest BCUT2D eigenvalue weighted by Gasteiger charge is 2.29. The van der Waals surface area contributed by atoms with Crippen LogP contribution in [0.1, 0.15) is 37.3 Å². The summed E-state index contributed by atoms with van der Waals surface area (Å²) in [6.07, 6.45) is 5.21. The lowest BCUT2D eigenvalue weighted by Gasteiger charge is -2.41. The first kappa shape index (κ1) is 15.5. The van der Waals surface area contributed by atoms with Crippen molar-refractivity contribution in [3.05, 3.63) is 35.9 Å². The topological polar surface area (TPSA) is 24.5 Å². The van der Waals surface area contributed by atoms with Gasteiger partial charge in [0.1, 0.15) is 0 Å². The lowest BCUT2D eigenvalue weighted by atomic mass is 9.94. The van der Waals surface area contributed by atoms with Gasteiger partial charge in [0, 0.05) is 13.2 Å². The summed E-state index contributed by atoms with van der Waals surface area (Å²) in [5, 5.41) is 3.29. The zero-order chi connectivity index (χ0) is 14.2. The Morgan fingerprint density at radius 1 is 1.30 bits per heavy atom. The molecule has 0 spiro atoms. The van der Waals surface area contributed by atoms with Crippen LogP contribution in [0, 0.1) is 0 Å². The van der Waals surface area contributed by atoms with Crippen molar-refractivity contribution < 1.29 is 4.74 Å². The Hall–Kier alpha value is -0.900. The van der Waals surface area contributed by atoms with E-state index >= 15 is 0 Å². The highest BCUT2D eigenvalue weighted by atomic mass is 16.5. The third kappa shape index (κ3) is 4.05. The maximum Gasteiger partial charge on any atom is 0.0659 e. The first-order valence-electron chi connectivity index (χ1n) is 7.81. The average Bonchev–Trinajstić information content (AvgIpc) is 2.52. The fourth-order valence-electron chi connectivity index (χ4n) is 3.27. The molecule has 0 radical (unpaired) electrons. The second-order valence-electron chi connectivity index (χ2n) is 5.66. The largest absolute Gasteiger partial charge is 0.383 e. The number of hydrogen-bond acceptors (Lipinski definition) is 3. The molecule has 1 saturated heterocycles. The molecule has 0 bridgehead atoms. The van der Waals surface area contributed by atoms with Crippen molar-refractivity contribution in [2.45, 2.75) is 37.8 Å². The number of nitrogens with zero attached hydrogens (tertiary/aromatic N) is 1. The van der Waals surface area contributed by atoms with Gasteiger partial charge in [0.15, 0.2) is 0 Å². The van der Waals surface area contributed by atoms with Gasteiger partial charge in [0.25, 0.3) is 0 Å². The molecule has 0 aromatic heterocycles. The van der Waals surface area contributed by atoms with Crippen molar-refractivity contribution in [2.24, 2.45) is 0 Å². The minimum atomic E-state index is 0.392. The predicted molar refractivity (Wildman–Crippen MR) is 83.9 cm³/mol. The fourth-order valence-corrected chi connectivity index (χ4v) is 3.27. The number of nitrogens with one attached hydrogen (secondary N) is 1. The van der Waals surface area contributed by atoms with Gasteiger partial charge in [0.2, 0.25) is 0 Å². The summed E-state index contributed by atoms with van der Waals surface area (Å²) in [5.74, 6) is 0. The average molecular weight is 276 g/mol. The van der Waals surface area contributed by atoms with E-state index < -0.39 is 0 Å². The van der Waals surface area contributed by atoms with Crippen molar-refractivity contribution in [2.75, 3.05) is 33.9 Å². The van der Waals surface area contributed by atoms with Crippen LogP contribution in [0.15, 0.2) is 30.3 Å². The predicted octanol–water partition coefficient (Wildman–Crippen LogP) is 2.84. The number of rotatable bonds is 7. The van der Waals surface area contributed by atoms with Gasteiger partial charge in [-0.15, -0.1) is 0 Å². The highest BCUT2D eigenvalue weighted by Crippen LogP contribution is 2.30. The molecule has 2 unspecified atom stereocenters. The molecular formula is C17H28N2O. The monoisotopic (exact) mass is 276 g/mol. The molecule has 1 aliphatic heterocycles. The number of likely N-dealkylation sites (tertiary alicyclic amines) is 1. The molecule has 20 heavy (non-hydrogen) atoms. The molecule has 1 fully saturated rings. The molecular weight excluding hydrogens is 248 g/mol. The van der Waals surface area contributed by atoms with Crippen LogP contribution in [0.25, 0.3) is 0 Å². The van der Waals surface area contributed by atoms with Gasteiger partial charge in [-0.2, -0.15) is 0 Å². The zero-order valence-corrected chi connectivity index (χ0v) is 12.8. The number of piperidine rings is 1. The van der Waals surface area contributed by atoms with Gasteiger partial charge >= 0.3 is 0 Å². The third-order valence-corrected chi connectivity index (χ3v) is 4.31. The van der Waals surface area contributed by atoms with Gasteiger partial charge in [-0.1, -0.05) is 36.8 Å². The van der Waals surface area contributed by atoms with E-state index in [0.717, 1.165) is 13.2 Å². The summed E-state index contributed by atoms with van der Waals surface area (Å²) in [6, 6.07) is 11.9. The Morgan fingerprint density at radius 2 is 2.10 bits per heavy atom. The van der Waals surface area contributed by atoms with Crippen LogP contribution >= 0.6 is 0 Å². The lowest BCUT2D eigenvalue weighted by Crippen LogP contribution is -2.44. The first-order chi connectivity index (χ1) is 9.86. The van der Waals surface area contributed by atoms with Crippen molar-refractivity contribution in [3.63, 3.8) is 0 Å². The van der Waals surface area contributed by atoms with Crippen molar-refractivity contribution in [3.8, 4) is 0 Å². The standard InChI is InChI=1S/C17H28N2O/c1-18-12-11-16-10-6-7-13-19(16)17(14-20-2)15-8-4-3-5-9-15/h3-5,8-9,16-18H,6-7,10-14H2,1-2H3. The molecule has 1 aromatic rings. The van der Waals surface area contributed by atoms with Crippen LogP contribution in [-0.2, 0) is 4.74 Å². The smallest absolute Gasteiger partial charge is 0.0659 e. The Kier molecular flexibility index (Phi) is 6.51. The van der Waals surface area contributed by atoms with E-state index in [-0.39, 0.29) is 0 Å². The molecule has 0 aliphatic carbocycles. The summed E-state index contributed by atoms with van der Waals surface area (Å²) < 4.78 is 5.51. The summed E-state index contributed by atoms with van der Waals surface area (Å²) in [7, 11) is 3.85. The molecule has 0 amide bonds. The number of methoxy groups -OCH3 is 1. The van der Waals surface area contributed by atoms with E-state index in [1.165, 1.54) is 37.8 Å². The summed E-state index contributed by atoms with van der Waals surface area (Å²) in [5.41, 5.74) is 1.38. The maximum absolute atomic E-state index is 5.51. The van der Waals surface area contributed by atoms with Crippen LogP contribution in [0.2, 0.25) is 0 Å². The first-order valence-corrected chi connectivity index (χ1v) is 7.81. The summed E-state index contributed by atoms with van der Waals surface area (Å²) in [4.78, 5) is 2.67. The van der Waals surface area contributed by atoms with Gasteiger partial charge in [-0.25, -0.2) is 0 Å². The molecule has 2 rings (SSSR count). The molecule has 1 aliphatic rings. The lowest BCUT2D eigenvalue weighted by molar-refractivity contribution is 0.0365. The number of hydrogen-bond donors (Lipinski definition) is 1. The van der Waals surface area contributed by atoms with Crippen LogP contribution in [0.4, 0.5) is 0 Å². The van der Waals surface area contributed by atoms with Crippen LogP contribution in [-0.4, -0.2) is 44.8 Å². The van der Waals surface area contributed by atoms with Crippen LogP contribution < -0.4 is 5.32 Å². The summed E-state index contributed by atoms with van der Waals surface area (Å²) >= 11 is 0. The molecule has 1 heterocycles. The van der Waals surface area contributed by atoms with E-state index in [1.54, 1.807) is 0 Å². The molecule has 3 nitrogen and oxygen atoms in total. The molecule has 0 saturated carbocycles. The SMILES string of the molecule is CNCCC1CCCCN1C(COC)c1ccccc1. The van der Waals surface area contributed by atoms with Crippen molar-refractivity contribution in [1.82, 2.24) is 10.2 Å². The van der Waals surface area contributed by atoms with Crippen LogP contribution in [0.5, 0.6) is 0 Å². The quantitative estimate of drug-likeness (QED) is 0.829. The van der Waals surface area contributed by atoms with Crippen molar-refractivity contribution in [1.29, 1.82) is 0 Å². The second kappa shape index (κ2) is 8.40. The summed E-state index contributed by atoms with van der Waals surface area (Å²) in [6.45, 7) is 3.06. The minimum absolute atomic E-state index is 0.392. The third-order valence-electron chi connectivity index (χ3n) is 4.31. The Labute approximate surface area is 123 Å². The van der Waals surface area contributed by atoms with E-state index in [4.69, 9.17) is 4.74 Å². The molecule has 3 heteroatoms. The molecule has 112 valence electrons. The van der Waals surface area contributed by atoms with Crippen LogP contribution in [0.3, 0.4) is 0 Å². The molecule has 2 atom stereocenters. The van der Waals surface area contributed by atoms with E-state index in [0.29, 0.717) is 12.1 Å². The van der Waals surface area contributed by atoms with Gasteiger partial charge in [-0.05, 0) is 45.0 Å². The fraction of sp³-hybridized carbons (Fsp3) is 0.647. The Morgan fingerprint density at radius 3 is 2.80 bits per heavy atom. The Bertz CT molecular complexity index is 369. The van der Waals surface area contributed by atoms with Gasteiger partial charge in [-0.3, -0.25) is 4.90 Å². The zero-order valence-electron chi connectivity index (χ0n) is 12.8. The van der Waals surface area contributed by atoms with Gasteiger partial charge < -0.3 is 10.1 Å². The maximum atomic E-state index is 5.51. The number of benzene rings is 1. The molecule has 1 N–H and O–H groups in total. The number of ether oxygens (including phenoxy) is 1. The normalized spacial score (nSPS) is 21.8.